The first-order valence-corrected chi connectivity index (χ1v) is 12.1. The molecule has 0 bridgehead atoms. The highest BCUT2D eigenvalue weighted by atomic mass is 32.2. The number of pyridine rings is 1. The molecule has 0 fully saturated rings. The fraction of sp³-hybridized carbons (Fsp3) is 0.217. The van der Waals surface area contributed by atoms with Crippen molar-refractivity contribution in [3.63, 3.8) is 0 Å². The van der Waals surface area contributed by atoms with E-state index in [2.05, 4.69) is 14.5 Å². The van der Waals surface area contributed by atoms with Crippen molar-refractivity contribution >= 4 is 27.3 Å². The van der Waals surface area contributed by atoms with Crippen molar-refractivity contribution in [2.75, 3.05) is 10.7 Å². The van der Waals surface area contributed by atoms with Gasteiger partial charge in [-0.05, 0) is 55.0 Å². The lowest BCUT2D eigenvalue weighted by Gasteiger charge is -2.26. The molecule has 0 saturated carbocycles. The highest BCUT2D eigenvalue weighted by Gasteiger charge is 2.20. The average Bonchev–Trinajstić information content (AvgIpc) is 2.83. The van der Waals surface area contributed by atoms with Crippen molar-refractivity contribution in [3.05, 3.63) is 78.1 Å². The molecule has 13 heteroatoms. The van der Waals surface area contributed by atoms with Gasteiger partial charge in [-0.2, -0.15) is 17.6 Å². The smallest absolute Gasteiger partial charge is 0.387 e. The standard InChI is InChI=1S/C23H21F4N3O5S/c1-2-36(32,33)29-21(31)16-5-7-17(8-6-16)30(14-15-4-3-11-28-13-15)18-9-10-19(34-22(24)25)20(12-18)35-23(26)27/h3-13,22-23H,2,14H2,1H3,(H,29,31). The van der Waals surface area contributed by atoms with E-state index in [9.17, 15) is 30.8 Å². The van der Waals surface area contributed by atoms with E-state index in [1.165, 1.54) is 37.3 Å². The lowest BCUT2D eigenvalue weighted by atomic mass is 10.1. The molecular weight excluding hydrogens is 506 g/mol. The van der Waals surface area contributed by atoms with Crippen LogP contribution in [0.25, 0.3) is 0 Å². The number of ether oxygens (including phenoxy) is 2. The molecule has 0 unspecified atom stereocenters. The van der Waals surface area contributed by atoms with E-state index in [1.54, 1.807) is 29.4 Å². The van der Waals surface area contributed by atoms with Gasteiger partial charge in [0.25, 0.3) is 5.91 Å². The maximum absolute atomic E-state index is 12.9. The van der Waals surface area contributed by atoms with Crippen molar-refractivity contribution in [3.8, 4) is 11.5 Å². The largest absolute Gasteiger partial charge is 0.431 e. The minimum Gasteiger partial charge on any atom is -0.431 e. The van der Waals surface area contributed by atoms with E-state index >= 15 is 0 Å². The summed E-state index contributed by atoms with van der Waals surface area (Å²) in [5, 5.41) is 0. The van der Waals surface area contributed by atoms with Crippen molar-refractivity contribution in [1.82, 2.24) is 9.71 Å². The molecule has 1 heterocycles. The van der Waals surface area contributed by atoms with Crippen LogP contribution in [0.1, 0.15) is 22.8 Å². The molecule has 3 aromatic rings. The summed E-state index contributed by atoms with van der Waals surface area (Å²) >= 11 is 0. The zero-order chi connectivity index (χ0) is 26.3. The van der Waals surface area contributed by atoms with Crippen LogP contribution in [0.15, 0.2) is 67.0 Å². The van der Waals surface area contributed by atoms with Crippen LogP contribution in [-0.2, 0) is 16.6 Å². The predicted molar refractivity (Wildman–Crippen MR) is 123 cm³/mol. The summed E-state index contributed by atoms with van der Waals surface area (Å²) in [5.74, 6) is -2.26. The van der Waals surface area contributed by atoms with E-state index in [-0.39, 0.29) is 23.5 Å². The van der Waals surface area contributed by atoms with Crippen molar-refractivity contribution in [1.29, 1.82) is 0 Å². The summed E-state index contributed by atoms with van der Waals surface area (Å²) in [6.07, 6.45) is 3.14. The Morgan fingerprint density at radius 1 is 0.972 bits per heavy atom. The monoisotopic (exact) mass is 527 g/mol. The number of amides is 1. The zero-order valence-corrected chi connectivity index (χ0v) is 19.6. The van der Waals surface area contributed by atoms with Crippen LogP contribution < -0.4 is 19.1 Å². The number of aromatic nitrogens is 1. The Morgan fingerprint density at radius 3 is 2.19 bits per heavy atom. The zero-order valence-electron chi connectivity index (χ0n) is 18.8. The number of hydrogen-bond donors (Lipinski definition) is 1. The summed E-state index contributed by atoms with van der Waals surface area (Å²) in [7, 11) is -3.76. The first-order valence-electron chi connectivity index (χ1n) is 10.4. The van der Waals surface area contributed by atoms with Crippen molar-refractivity contribution in [2.24, 2.45) is 0 Å². The summed E-state index contributed by atoms with van der Waals surface area (Å²) in [6.45, 7) is -4.98. The van der Waals surface area contributed by atoms with Crippen molar-refractivity contribution < 1.29 is 40.2 Å². The van der Waals surface area contributed by atoms with Gasteiger partial charge in [-0.1, -0.05) is 6.07 Å². The van der Waals surface area contributed by atoms with Gasteiger partial charge >= 0.3 is 13.2 Å². The maximum Gasteiger partial charge on any atom is 0.387 e. The predicted octanol–water partition coefficient (Wildman–Crippen LogP) is 4.70. The molecule has 0 saturated heterocycles. The van der Waals surface area contributed by atoms with Crippen LogP contribution in [0, 0.1) is 0 Å². The Labute approximate surface area is 204 Å². The first-order chi connectivity index (χ1) is 17.1. The molecule has 1 amide bonds. The van der Waals surface area contributed by atoms with Gasteiger partial charge < -0.3 is 14.4 Å². The topological polar surface area (TPSA) is 97.8 Å². The van der Waals surface area contributed by atoms with Crippen LogP contribution in [0.4, 0.5) is 28.9 Å². The van der Waals surface area contributed by atoms with E-state index in [4.69, 9.17) is 0 Å². The van der Waals surface area contributed by atoms with E-state index in [0.717, 1.165) is 17.7 Å². The molecule has 2 aromatic carbocycles. The summed E-state index contributed by atoms with van der Waals surface area (Å²) in [5.41, 5.74) is 1.54. The van der Waals surface area contributed by atoms with Gasteiger partial charge in [0.2, 0.25) is 10.0 Å². The molecule has 0 aliphatic rings. The molecule has 8 nitrogen and oxygen atoms in total. The lowest BCUT2D eigenvalue weighted by Crippen LogP contribution is -2.31. The SMILES string of the molecule is CCS(=O)(=O)NC(=O)c1ccc(N(Cc2cccnc2)c2ccc(OC(F)F)c(OC(F)F)c2)cc1. The van der Waals surface area contributed by atoms with E-state index in [0.29, 0.717) is 5.69 Å². The van der Waals surface area contributed by atoms with Gasteiger partial charge in [0, 0.05) is 41.9 Å². The summed E-state index contributed by atoms with van der Waals surface area (Å²) in [4.78, 5) is 17.9. The number of carbonyl (C=O) groups is 1. The summed E-state index contributed by atoms with van der Waals surface area (Å²) in [6, 6.07) is 12.8. The lowest BCUT2D eigenvalue weighted by molar-refractivity contribution is -0.0692. The fourth-order valence-corrected chi connectivity index (χ4v) is 3.66. The number of sulfonamides is 1. The van der Waals surface area contributed by atoms with Gasteiger partial charge in [-0.15, -0.1) is 0 Å². The van der Waals surface area contributed by atoms with Crippen molar-refractivity contribution in [2.45, 2.75) is 26.7 Å². The normalized spacial score (nSPS) is 11.4. The van der Waals surface area contributed by atoms with Gasteiger partial charge in [0.15, 0.2) is 11.5 Å². The number of nitrogens with one attached hydrogen (secondary N) is 1. The second-order valence-corrected chi connectivity index (χ2v) is 9.23. The molecule has 192 valence electrons. The molecular formula is C23H21F4N3O5S. The number of carbonyl (C=O) groups excluding carboxylic acids is 1. The highest BCUT2D eigenvalue weighted by Crippen LogP contribution is 2.37. The van der Waals surface area contributed by atoms with Gasteiger partial charge in [0.1, 0.15) is 0 Å². The Morgan fingerprint density at radius 2 is 1.61 bits per heavy atom. The maximum atomic E-state index is 12.9. The average molecular weight is 527 g/mol. The van der Waals surface area contributed by atoms with Gasteiger partial charge in [-0.25, -0.2) is 13.1 Å². The number of rotatable bonds is 11. The third kappa shape index (κ3) is 7.31. The van der Waals surface area contributed by atoms with Crippen LogP contribution in [-0.4, -0.2) is 38.3 Å². The fourth-order valence-electron chi connectivity index (χ4n) is 3.12. The minimum absolute atomic E-state index is 0.0690. The number of nitrogens with zero attached hydrogens (tertiary/aromatic N) is 2. The Hall–Kier alpha value is -3.87. The first kappa shape index (κ1) is 26.7. The van der Waals surface area contributed by atoms with Gasteiger partial charge in [0.05, 0.1) is 5.75 Å². The summed E-state index contributed by atoms with van der Waals surface area (Å²) < 4.78 is 85.3. The molecule has 0 aliphatic carbocycles. The molecule has 1 N–H and O–H groups in total. The number of anilines is 2. The minimum atomic E-state index is -3.76. The van der Waals surface area contributed by atoms with Crippen LogP contribution in [0.5, 0.6) is 11.5 Å². The van der Waals surface area contributed by atoms with Gasteiger partial charge in [-0.3, -0.25) is 9.78 Å². The third-order valence-corrected chi connectivity index (χ3v) is 6.06. The number of benzene rings is 2. The Kier molecular flexibility index (Phi) is 8.69. The quantitative estimate of drug-likeness (QED) is 0.361. The molecule has 0 radical (unpaired) electrons. The number of alkyl halides is 4. The Bertz CT molecular complexity index is 1280. The Balaban J connectivity index is 2.00. The highest BCUT2D eigenvalue weighted by molar-refractivity contribution is 7.90. The second-order valence-electron chi connectivity index (χ2n) is 7.22. The van der Waals surface area contributed by atoms with E-state index < -0.39 is 40.7 Å². The molecule has 36 heavy (non-hydrogen) atoms. The molecule has 0 spiro atoms. The van der Waals surface area contributed by atoms with Crippen LogP contribution in [0.3, 0.4) is 0 Å². The number of hydrogen-bond acceptors (Lipinski definition) is 7. The van der Waals surface area contributed by atoms with Crippen LogP contribution in [0.2, 0.25) is 0 Å². The number of halogens is 4. The molecule has 3 rings (SSSR count). The van der Waals surface area contributed by atoms with Crippen LogP contribution >= 0.6 is 0 Å². The van der Waals surface area contributed by atoms with E-state index in [1.807, 2.05) is 4.72 Å². The third-order valence-electron chi connectivity index (χ3n) is 4.80. The molecule has 0 aliphatic heterocycles. The molecule has 0 atom stereocenters. The molecule has 1 aromatic heterocycles. The second kappa shape index (κ2) is 11.7.